The third-order valence-corrected chi connectivity index (χ3v) is 4.51. The number of nitrogens with one attached hydrogen (secondary N) is 1. The highest BCUT2D eigenvalue weighted by atomic mass is 35.5. The molecule has 7 heteroatoms. The summed E-state index contributed by atoms with van der Waals surface area (Å²) in [6, 6.07) is 9.81. The van der Waals surface area contributed by atoms with Crippen molar-refractivity contribution in [2.75, 3.05) is 6.54 Å². The van der Waals surface area contributed by atoms with E-state index < -0.39 is 0 Å². The van der Waals surface area contributed by atoms with Gasteiger partial charge in [-0.2, -0.15) is 0 Å². The van der Waals surface area contributed by atoms with Gasteiger partial charge in [-0.25, -0.2) is 4.98 Å². The van der Waals surface area contributed by atoms with Crippen molar-refractivity contribution in [2.45, 2.75) is 38.1 Å². The van der Waals surface area contributed by atoms with E-state index in [-0.39, 0.29) is 36.3 Å². The fourth-order valence-corrected chi connectivity index (χ4v) is 2.80. The Morgan fingerprint density at radius 2 is 2.00 bits per heavy atom. The molecular weight excluding hydrogens is 361 g/mol. The van der Waals surface area contributed by atoms with Gasteiger partial charge in [0, 0.05) is 24.9 Å². The fourth-order valence-electron chi connectivity index (χ4n) is 2.80. The lowest BCUT2D eigenvalue weighted by Crippen LogP contribution is -2.53. The van der Waals surface area contributed by atoms with E-state index in [1.54, 1.807) is 6.20 Å². The molecule has 25 heavy (non-hydrogen) atoms. The molecule has 0 aliphatic heterocycles. The number of carbonyl (C=O) groups is 1. The number of halogens is 2. The lowest BCUT2D eigenvalue weighted by molar-refractivity contribution is -0.123. The predicted octanol–water partition coefficient (Wildman–Crippen LogP) is 3.36. The van der Waals surface area contributed by atoms with Crippen LogP contribution >= 0.6 is 24.8 Å². The maximum Gasteiger partial charge on any atom is 0.220 e. The summed E-state index contributed by atoms with van der Waals surface area (Å²) in [6.45, 7) is 2.50. The summed E-state index contributed by atoms with van der Waals surface area (Å²) < 4.78 is 5.72. The molecule has 0 saturated heterocycles. The Hall–Kier alpha value is -1.56. The third kappa shape index (κ3) is 5.46. The molecule has 1 aromatic heterocycles. The van der Waals surface area contributed by atoms with Crippen LogP contribution in [0.4, 0.5) is 0 Å². The second-order valence-corrected chi connectivity index (χ2v) is 6.43. The summed E-state index contributed by atoms with van der Waals surface area (Å²) in [7, 11) is 0. The van der Waals surface area contributed by atoms with E-state index in [0.717, 1.165) is 24.2 Å². The zero-order valence-electron chi connectivity index (χ0n) is 14.2. The first-order chi connectivity index (χ1) is 11.1. The molecule has 1 amide bonds. The maximum atomic E-state index is 12.2. The number of aromatic nitrogens is 1. The maximum absolute atomic E-state index is 12.2. The SMILES string of the molecule is CC(CN)(NC(=O)CCc1ncc(-c2ccccc2)o1)C1CC1.Cl.Cl. The lowest BCUT2D eigenvalue weighted by Gasteiger charge is -2.29. The number of oxazole rings is 1. The molecule has 1 heterocycles. The van der Waals surface area contributed by atoms with Gasteiger partial charge in [0.1, 0.15) is 0 Å². The smallest absolute Gasteiger partial charge is 0.220 e. The number of hydrogen-bond acceptors (Lipinski definition) is 4. The van der Waals surface area contributed by atoms with Crippen molar-refractivity contribution in [3.63, 3.8) is 0 Å². The Morgan fingerprint density at radius 3 is 2.60 bits per heavy atom. The molecule has 1 atom stereocenters. The van der Waals surface area contributed by atoms with E-state index in [0.29, 0.717) is 31.2 Å². The Balaban J connectivity index is 0.00000156. The normalized spacial score (nSPS) is 15.4. The van der Waals surface area contributed by atoms with Crippen LogP contribution in [0.3, 0.4) is 0 Å². The first kappa shape index (κ1) is 21.5. The van der Waals surface area contributed by atoms with Gasteiger partial charge in [-0.3, -0.25) is 4.79 Å². The van der Waals surface area contributed by atoms with Crippen LogP contribution < -0.4 is 11.1 Å². The van der Waals surface area contributed by atoms with E-state index in [2.05, 4.69) is 10.3 Å². The van der Waals surface area contributed by atoms with E-state index >= 15 is 0 Å². The molecule has 1 aromatic carbocycles. The Bertz CT molecular complexity index is 674. The van der Waals surface area contributed by atoms with Crippen LogP contribution in [-0.2, 0) is 11.2 Å². The van der Waals surface area contributed by atoms with Crippen molar-refractivity contribution in [1.29, 1.82) is 0 Å². The monoisotopic (exact) mass is 385 g/mol. The predicted molar refractivity (Wildman–Crippen MR) is 103 cm³/mol. The Morgan fingerprint density at radius 1 is 1.32 bits per heavy atom. The largest absolute Gasteiger partial charge is 0.441 e. The van der Waals surface area contributed by atoms with Crippen LogP contribution in [-0.4, -0.2) is 23.0 Å². The van der Waals surface area contributed by atoms with Gasteiger partial charge in [-0.05, 0) is 25.7 Å². The van der Waals surface area contributed by atoms with Crippen LogP contribution in [0.25, 0.3) is 11.3 Å². The van der Waals surface area contributed by atoms with Gasteiger partial charge in [0.05, 0.1) is 11.7 Å². The second kappa shape index (κ2) is 9.22. The summed E-state index contributed by atoms with van der Waals surface area (Å²) in [5.74, 6) is 1.83. The number of aryl methyl sites for hydroxylation is 1. The van der Waals surface area contributed by atoms with Crippen LogP contribution in [0.1, 0.15) is 32.1 Å². The zero-order chi connectivity index (χ0) is 16.3. The van der Waals surface area contributed by atoms with E-state index in [1.807, 2.05) is 37.3 Å². The standard InChI is InChI=1S/C18H23N3O2.2ClH/c1-18(12-19,14-7-8-14)21-16(22)9-10-17-20-11-15(23-17)13-5-3-2-4-6-13;;/h2-6,11,14H,7-10,12,19H2,1H3,(H,21,22);2*1H. The topological polar surface area (TPSA) is 81.1 Å². The summed E-state index contributed by atoms with van der Waals surface area (Å²) in [6.07, 6.45) is 4.85. The minimum Gasteiger partial charge on any atom is -0.441 e. The molecule has 138 valence electrons. The molecule has 1 unspecified atom stereocenters. The zero-order valence-corrected chi connectivity index (χ0v) is 15.9. The molecule has 5 nitrogen and oxygen atoms in total. The van der Waals surface area contributed by atoms with Gasteiger partial charge >= 0.3 is 0 Å². The molecule has 1 saturated carbocycles. The van der Waals surface area contributed by atoms with Gasteiger partial charge in [0.25, 0.3) is 0 Å². The Kier molecular flexibility index (Phi) is 7.93. The number of benzene rings is 1. The van der Waals surface area contributed by atoms with Crippen molar-refractivity contribution in [1.82, 2.24) is 10.3 Å². The van der Waals surface area contributed by atoms with Crippen molar-refractivity contribution < 1.29 is 9.21 Å². The quantitative estimate of drug-likeness (QED) is 0.765. The Labute approximate surface area is 160 Å². The van der Waals surface area contributed by atoms with Gasteiger partial charge in [-0.15, -0.1) is 24.8 Å². The van der Waals surface area contributed by atoms with Crippen LogP contribution in [0.2, 0.25) is 0 Å². The van der Waals surface area contributed by atoms with Crippen LogP contribution in [0, 0.1) is 5.92 Å². The number of hydrogen-bond donors (Lipinski definition) is 2. The van der Waals surface area contributed by atoms with Gasteiger partial charge in [-0.1, -0.05) is 30.3 Å². The van der Waals surface area contributed by atoms with Crippen molar-refractivity contribution in [2.24, 2.45) is 11.7 Å². The lowest BCUT2D eigenvalue weighted by atomic mass is 9.95. The molecule has 1 aliphatic carbocycles. The second-order valence-electron chi connectivity index (χ2n) is 6.43. The fraction of sp³-hybridized carbons (Fsp3) is 0.444. The molecular formula is C18H25Cl2N3O2. The minimum absolute atomic E-state index is 0. The van der Waals surface area contributed by atoms with Crippen molar-refractivity contribution >= 4 is 30.7 Å². The number of carbonyl (C=O) groups excluding carboxylic acids is 1. The average molecular weight is 386 g/mol. The molecule has 1 fully saturated rings. The molecule has 0 bridgehead atoms. The first-order valence-corrected chi connectivity index (χ1v) is 8.12. The van der Waals surface area contributed by atoms with Gasteiger partial charge in [0.15, 0.2) is 11.7 Å². The van der Waals surface area contributed by atoms with Gasteiger partial charge < -0.3 is 15.5 Å². The molecule has 2 aromatic rings. The molecule has 1 aliphatic rings. The van der Waals surface area contributed by atoms with E-state index in [4.69, 9.17) is 10.2 Å². The van der Waals surface area contributed by atoms with E-state index in [1.165, 1.54) is 0 Å². The number of nitrogens with zero attached hydrogens (tertiary/aromatic N) is 1. The highest BCUT2D eigenvalue weighted by molar-refractivity contribution is 5.85. The summed E-state index contributed by atoms with van der Waals surface area (Å²) in [5.41, 5.74) is 6.54. The van der Waals surface area contributed by atoms with Crippen molar-refractivity contribution in [3.8, 4) is 11.3 Å². The first-order valence-electron chi connectivity index (χ1n) is 8.12. The average Bonchev–Trinajstić information content (AvgIpc) is 3.33. The third-order valence-electron chi connectivity index (χ3n) is 4.51. The number of amides is 1. The van der Waals surface area contributed by atoms with Crippen molar-refractivity contribution in [3.05, 3.63) is 42.4 Å². The highest BCUT2D eigenvalue weighted by Crippen LogP contribution is 2.39. The molecule has 0 spiro atoms. The molecule has 0 radical (unpaired) electrons. The van der Waals surface area contributed by atoms with Crippen LogP contribution in [0.15, 0.2) is 40.9 Å². The van der Waals surface area contributed by atoms with Crippen LogP contribution in [0.5, 0.6) is 0 Å². The molecule has 3 N–H and O–H groups in total. The summed E-state index contributed by atoms with van der Waals surface area (Å²) in [5, 5.41) is 3.08. The van der Waals surface area contributed by atoms with Gasteiger partial charge in [0.2, 0.25) is 5.91 Å². The summed E-state index contributed by atoms with van der Waals surface area (Å²) in [4.78, 5) is 16.4. The summed E-state index contributed by atoms with van der Waals surface area (Å²) >= 11 is 0. The number of nitrogens with two attached hydrogens (primary N) is 1. The molecule has 3 rings (SSSR count). The highest BCUT2D eigenvalue weighted by Gasteiger charge is 2.41. The number of rotatable bonds is 7. The minimum atomic E-state index is -0.275. The van der Waals surface area contributed by atoms with E-state index in [9.17, 15) is 4.79 Å².